The molecule has 14 heteroatoms. The maximum absolute atomic E-state index is 12.6. The molecule has 2 fully saturated rings. The van der Waals surface area contributed by atoms with Crippen LogP contribution in [-0.4, -0.2) is 124 Å². The van der Waals surface area contributed by atoms with Gasteiger partial charge < -0.3 is 53.5 Å². The number of hydrogen-bond acceptors (Lipinski definition) is 11. The first-order chi connectivity index (χ1) is 30.0. The van der Waals surface area contributed by atoms with Crippen molar-refractivity contribution in [3.8, 4) is 0 Å². The lowest BCUT2D eigenvalue weighted by atomic mass is 9.95. The Kier molecular flexibility index (Phi) is 15.8. The van der Waals surface area contributed by atoms with E-state index >= 15 is 0 Å². The largest absolute Gasteiger partial charge is 0.405 e. The summed E-state index contributed by atoms with van der Waals surface area (Å²) < 4.78 is 39.9. The lowest BCUT2D eigenvalue weighted by Crippen LogP contribution is -2.70. The van der Waals surface area contributed by atoms with E-state index in [-0.39, 0.29) is 19.8 Å². The highest BCUT2D eigenvalue weighted by molar-refractivity contribution is 7.00. The molecule has 5 N–H and O–H groups in total. The van der Waals surface area contributed by atoms with Crippen molar-refractivity contribution in [1.29, 1.82) is 0 Å². The first kappa shape index (κ1) is 48.6. The van der Waals surface area contributed by atoms with Crippen LogP contribution in [0.5, 0.6) is 0 Å². The van der Waals surface area contributed by atoms with Gasteiger partial charge in [0.2, 0.25) is 5.91 Å². The number of benzene rings is 4. The van der Waals surface area contributed by atoms with Crippen LogP contribution in [-0.2, 0) is 32.6 Å². The fourth-order valence-corrected chi connectivity index (χ4v) is 18.3. The van der Waals surface area contributed by atoms with Gasteiger partial charge in [-0.05, 0) is 30.8 Å². The standard InChI is InChI=1S/C49H65NO11Si2/c1-9-30-56-46-40(50-33(2)51)42(53)45(39(60-46)32-58-63(49(6,7)8,36-26-18-12-19-27-36)37-28-20-13-21-29-37)61-47-44(55)43(54)41(52)38(59-47)31-57-62(48(3,4)5,34-22-14-10-15-23-34)35-24-16-11-17-25-35/h9-29,38-47,52-55H,1,30-32H2,2-8H3,(H,50,51)/t38?,39?,40?,41-,42+,43-,44?,45-,46+,47-/m0/s1. The van der Waals surface area contributed by atoms with Crippen molar-refractivity contribution < 1.29 is 53.0 Å². The van der Waals surface area contributed by atoms with E-state index in [1.54, 1.807) is 0 Å². The second kappa shape index (κ2) is 20.5. The van der Waals surface area contributed by atoms with E-state index in [0.717, 1.165) is 20.7 Å². The number of amides is 1. The molecule has 2 saturated heterocycles. The van der Waals surface area contributed by atoms with E-state index < -0.39 is 94.0 Å². The van der Waals surface area contributed by atoms with Crippen molar-refractivity contribution in [2.75, 3.05) is 19.8 Å². The van der Waals surface area contributed by atoms with Gasteiger partial charge in [-0.2, -0.15) is 0 Å². The highest BCUT2D eigenvalue weighted by Crippen LogP contribution is 2.40. The summed E-state index contributed by atoms with van der Waals surface area (Å²) in [6, 6.07) is 38.9. The molecule has 0 saturated carbocycles. The van der Waals surface area contributed by atoms with E-state index in [1.165, 1.54) is 13.0 Å². The summed E-state index contributed by atoms with van der Waals surface area (Å²) in [5, 5.41) is 52.7. The molecule has 2 aliphatic heterocycles. The van der Waals surface area contributed by atoms with Crippen LogP contribution in [0.1, 0.15) is 48.5 Å². The third kappa shape index (κ3) is 10.2. The van der Waals surface area contributed by atoms with Crippen LogP contribution in [0, 0.1) is 0 Å². The Morgan fingerprint density at radius 3 is 1.40 bits per heavy atom. The average Bonchev–Trinajstić information content (AvgIpc) is 3.26. The van der Waals surface area contributed by atoms with Crippen molar-refractivity contribution >= 4 is 43.3 Å². The molecule has 0 spiro atoms. The van der Waals surface area contributed by atoms with Gasteiger partial charge in [-0.1, -0.05) is 169 Å². The summed E-state index contributed by atoms with van der Waals surface area (Å²) in [6.45, 7) is 17.6. The molecule has 1 amide bonds. The summed E-state index contributed by atoms with van der Waals surface area (Å²) in [6.07, 6.45) is -11.4. The van der Waals surface area contributed by atoms with Gasteiger partial charge in [0, 0.05) is 6.92 Å². The molecule has 0 radical (unpaired) electrons. The monoisotopic (exact) mass is 899 g/mol. The Morgan fingerprint density at radius 2 is 1.02 bits per heavy atom. The normalized spacial score (nSPS) is 27.1. The zero-order valence-electron chi connectivity index (χ0n) is 37.4. The molecule has 4 aromatic rings. The van der Waals surface area contributed by atoms with Crippen molar-refractivity contribution in [3.63, 3.8) is 0 Å². The van der Waals surface area contributed by atoms with Crippen LogP contribution in [0.4, 0.5) is 0 Å². The van der Waals surface area contributed by atoms with E-state index in [0.29, 0.717) is 0 Å². The van der Waals surface area contributed by atoms with E-state index in [2.05, 4.69) is 77.7 Å². The van der Waals surface area contributed by atoms with E-state index in [1.807, 2.05) is 97.1 Å². The summed E-state index contributed by atoms with van der Waals surface area (Å²) in [4.78, 5) is 12.6. The molecule has 0 aliphatic carbocycles. The van der Waals surface area contributed by atoms with Crippen molar-refractivity contribution in [2.24, 2.45) is 0 Å². The quantitative estimate of drug-likeness (QED) is 0.0830. The van der Waals surface area contributed by atoms with Crippen molar-refractivity contribution in [1.82, 2.24) is 5.32 Å². The summed E-state index contributed by atoms with van der Waals surface area (Å²) in [7, 11) is -6.33. The Bertz CT molecular complexity index is 1970. The number of rotatable bonds is 16. The lowest BCUT2D eigenvalue weighted by Gasteiger charge is -2.49. The fourth-order valence-electron chi connectivity index (χ4n) is 9.17. The molecule has 10 atom stereocenters. The van der Waals surface area contributed by atoms with Gasteiger partial charge >= 0.3 is 0 Å². The number of aliphatic hydroxyl groups is 4. The zero-order valence-corrected chi connectivity index (χ0v) is 39.4. The Hall–Kier alpha value is -3.88. The van der Waals surface area contributed by atoms with Gasteiger partial charge in [0.1, 0.15) is 48.8 Å². The predicted molar refractivity (Wildman–Crippen MR) is 247 cm³/mol. The Morgan fingerprint density at radius 1 is 0.619 bits per heavy atom. The van der Waals surface area contributed by atoms with Crippen LogP contribution in [0.2, 0.25) is 10.1 Å². The predicted octanol–water partition coefficient (Wildman–Crippen LogP) is 3.13. The molecular formula is C49H65NO11Si2. The summed E-state index contributed by atoms with van der Waals surface area (Å²) >= 11 is 0. The average molecular weight is 900 g/mol. The maximum atomic E-state index is 12.6. The van der Waals surface area contributed by atoms with Gasteiger partial charge in [0.25, 0.3) is 16.6 Å². The fraction of sp³-hybridized carbons (Fsp3) is 0.449. The van der Waals surface area contributed by atoms with Crippen molar-refractivity contribution in [2.45, 2.75) is 120 Å². The first-order valence-electron chi connectivity index (χ1n) is 21.6. The van der Waals surface area contributed by atoms with Crippen LogP contribution in [0.25, 0.3) is 0 Å². The minimum absolute atomic E-state index is 0.0445. The minimum Gasteiger partial charge on any atom is -0.405 e. The minimum atomic E-state index is -3.18. The highest BCUT2D eigenvalue weighted by Gasteiger charge is 2.56. The molecular weight excluding hydrogens is 835 g/mol. The number of aliphatic hydroxyl groups excluding tert-OH is 4. The summed E-state index contributed by atoms with van der Waals surface area (Å²) in [5.41, 5.74) is 0. The summed E-state index contributed by atoms with van der Waals surface area (Å²) in [5.74, 6) is -0.455. The first-order valence-corrected chi connectivity index (χ1v) is 25.5. The van der Waals surface area contributed by atoms with E-state index in [4.69, 9.17) is 27.8 Å². The Labute approximate surface area is 374 Å². The molecule has 63 heavy (non-hydrogen) atoms. The number of ether oxygens (including phenoxy) is 4. The van der Waals surface area contributed by atoms with Gasteiger partial charge in [0.15, 0.2) is 12.6 Å². The zero-order chi connectivity index (χ0) is 45.6. The second-order valence-electron chi connectivity index (χ2n) is 18.4. The van der Waals surface area contributed by atoms with E-state index in [9.17, 15) is 25.2 Å². The lowest BCUT2D eigenvalue weighted by molar-refractivity contribution is -0.347. The molecule has 2 heterocycles. The maximum Gasteiger partial charge on any atom is 0.261 e. The number of hydrogen-bond donors (Lipinski definition) is 5. The smallest absolute Gasteiger partial charge is 0.261 e. The molecule has 2 aliphatic rings. The number of carbonyl (C=O) groups is 1. The second-order valence-corrected chi connectivity index (χ2v) is 27.1. The van der Waals surface area contributed by atoms with Crippen LogP contribution >= 0.6 is 0 Å². The van der Waals surface area contributed by atoms with Gasteiger partial charge in [0.05, 0.1) is 19.8 Å². The molecule has 4 unspecified atom stereocenters. The number of nitrogens with one attached hydrogen (secondary N) is 1. The molecule has 0 bridgehead atoms. The molecule has 12 nitrogen and oxygen atoms in total. The third-order valence-corrected chi connectivity index (χ3v) is 22.2. The van der Waals surface area contributed by atoms with Crippen LogP contribution < -0.4 is 26.1 Å². The van der Waals surface area contributed by atoms with Gasteiger partial charge in [-0.3, -0.25) is 4.79 Å². The van der Waals surface area contributed by atoms with Crippen LogP contribution in [0.15, 0.2) is 134 Å². The van der Waals surface area contributed by atoms with Gasteiger partial charge in [-0.25, -0.2) is 0 Å². The van der Waals surface area contributed by atoms with Crippen LogP contribution in [0.3, 0.4) is 0 Å². The van der Waals surface area contributed by atoms with Gasteiger partial charge in [-0.15, -0.1) is 6.58 Å². The molecule has 6 rings (SSSR count). The topological polar surface area (TPSA) is 165 Å². The molecule has 340 valence electrons. The number of carbonyl (C=O) groups excluding carboxylic acids is 1. The molecule has 0 aromatic heterocycles. The molecule has 4 aromatic carbocycles. The third-order valence-electron chi connectivity index (χ3n) is 12.1. The van der Waals surface area contributed by atoms with Crippen molar-refractivity contribution in [3.05, 3.63) is 134 Å². The SMILES string of the molecule is C=CCO[C@@H]1OC(CO[Si](c2ccccc2)(c2ccccc2)C(C)(C)C)[C@H](O[C@@H]2OC(CO[Si](c3ccccc3)(c3ccccc3)C(C)(C)C)[C@H](O)[C@H](O)C2O)[C@H](O)C1NC(C)=O. The Balaban J connectivity index is 1.36. The highest BCUT2D eigenvalue weighted by atomic mass is 28.4.